The van der Waals surface area contributed by atoms with Crippen LogP contribution in [0.2, 0.25) is 0 Å². The minimum atomic E-state index is -1.45. The van der Waals surface area contributed by atoms with Gasteiger partial charge in [0.2, 0.25) is 11.7 Å². The Balaban J connectivity index is 1.53. The molecule has 3 aliphatic carbocycles. The number of fused-ring (bicyclic) bond motifs is 2. The quantitative estimate of drug-likeness (QED) is 0.0510. The van der Waals surface area contributed by atoms with Gasteiger partial charge in [-0.1, -0.05) is 30.1 Å². The lowest BCUT2D eigenvalue weighted by atomic mass is 9.55. The number of oxime groups is 1. The van der Waals surface area contributed by atoms with E-state index >= 15 is 0 Å². The summed E-state index contributed by atoms with van der Waals surface area (Å²) in [6.45, 7) is 10.5. The summed E-state index contributed by atoms with van der Waals surface area (Å²) in [6.07, 6.45) is 9.35. The fourth-order valence-electron chi connectivity index (χ4n) is 9.36. The number of rotatable bonds is 23. The molecule has 63 heavy (non-hydrogen) atoms. The summed E-state index contributed by atoms with van der Waals surface area (Å²) < 4.78 is 36.9. The number of anilines is 1. The number of ether oxygens (including phenoxy) is 6. The molecule has 4 aliphatic rings. The molecule has 1 heterocycles. The zero-order valence-electron chi connectivity index (χ0n) is 37.5. The van der Waals surface area contributed by atoms with E-state index in [9.17, 15) is 24.9 Å². The number of carbonyl (C=O) groups is 2. The topological polar surface area (TPSA) is 187 Å². The Morgan fingerprint density at radius 3 is 2.38 bits per heavy atom. The molecule has 6 rings (SSSR count). The van der Waals surface area contributed by atoms with Crippen LogP contribution in [0.4, 0.5) is 10.5 Å². The van der Waals surface area contributed by atoms with Crippen LogP contribution in [-0.2, 0) is 19.1 Å². The Bertz CT molecular complexity index is 1940. The Hall–Kier alpha value is -4.67. The summed E-state index contributed by atoms with van der Waals surface area (Å²) in [5.41, 5.74) is 2.16. The third kappa shape index (κ3) is 11.4. The number of aliphatic hydroxyl groups excluding tert-OH is 3. The van der Waals surface area contributed by atoms with Crippen LogP contribution < -0.4 is 24.3 Å². The van der Waals surface area contributed by atoms with E-state index < -0.39 is 29.4 Å². The number of carbonyl (C=O) groups excluding carboxylic acids is 2. The van der Waals surface area contributed by atoms with Crippen molar-refractivity contribution in [3.63, 3.8) is 0 Å². The van der Waals surface area contributed by atoms with Gasteiger partial charge in [0.15, 0.2) is 0 Å². The first-order valence-electron chi connectivity index (χ1n) is 22.4. The smallest absolute Gasteiger partial charge is 0.417 e. The van der Waals surface area contributed by atoms with Gasteiger partial charge in [-0.05, 0) is 107 Å². The second-order valence-corrected chi connectivity index (χ2v) is 17.7. The molecule has 0 aromatic heterocycles. The highest BCUT2D eigenvalue weighted by Gasteiger charge is 2.66. The molecular formula is C48H67N3O12. The van der Waals surface area contributed by atoms with Crippen LogP contribution in [0.15, 0.2) is 65.9 Å². The van der Waals surface area contributed by atoms with Gasteiger partial charge < -0.3 is 53.5 Å². The normalized spacial score (nSPS) is 24.3. The van der Waals surface area contributed by atoms with Gasteiger partial charge in [-0.15, -0.1) is 6.58 Å². The predicted molar refractivity (Wildman–Crippen MR) is 237 cm³/mol. The number of nitrogens with zero attached hydrogens (tertiary/aromatic N) is 2. The van der Waals surface area contributed by atoms with Gasteiger partial charge in [0.25, 0.3) is 0 Å². The highest BCUT2D eigenvalue weighted by Crippen LogP contribution is 2.62. The Kier molecular flexibility index (Phi) is 16.5. The minimum absolute atomic E-state index is 0.0115. The fraction of sp³-hybridized carbons (Fsp3) is 0.604. The molecule has 4 N–H and O–H groups in total. The van der Waals surface area contributed by atoms with Crippen LogP contribution in [0.1, 0.15) is 90.0 Å². The van der Waals surface area contributed by atoms with E-state index in [1.807, 2.05) is 31.7 Å². The Morgan fingerprint density at radius 1 is 0.968 bits per heavy atom. The van der Waals surface area contributed by atoms with Crippen LogP contribution >= 0.6 is 0 Å². The molecule has 346 valence electrons. The molecule has 0 bridgehead atoms. The summed E-state index contributed by atoms with van der Waals surface area (Å²) in [7, 11) is 3.05. The van der Waals surface area contributed by atoms with Crippen molar-refractivity contribution in [2.45, 2.75) is 102 Å². The van der Waals surface area contributed by atoms with Crippen molar-refractivity contribution < 1.29 is 58.2 Å². The molecule has 2 fully saturated rings. The van der Waals surface area contributed by atoms with Crippen molar-refractivity contribution in [1.29, 1.82) is 0 Å². The van der Waals surface area contributed by atoms with Gasteiger partial charge in [-0.3, -0.25) is 10.1 Å². The molecule has 15 nitrogen and oxygen atoms in total. The van der Waals surface area contributed by atoms with Crippen LogP contribution in [0.25, 0.3) is 0 Å². The van der Waals surface area contributed by atoms with Crippen molar-refractivity contribution in [3.05, 3.63) is 66.3 Å². The average Bonchev–Trinajstić information content (AvgIpc) is 4.12. The molecule has 15 heteroatoms. The molecule has 0 radical (unpaired) electrons. The molecule has 1 aliphatic heterocycles. The number of aliphatic hydroxyl groups is 3. The highest BCUT2D eigenvalue weighted by atomic mass is 16.7. The van der Waals surface area contributed by atoms with Gasteiger partial charge in [0.1, 0.15) is 34.6 Å². The molecule has 2 aromatic rings. The number of unbranched alkanes of at least 4 members (excludes halogenated alkanes) is 2. The van der Waals surface area contributed by atoms with Crippen molar-refractivity contribution in [2.24, 2.45) is 28.8 Å². The predicted octanol–water partition coefficient (Wildman–Crippen LogP) is 6.99. The summed E-state index contributed by atoms with van der Waals surface area (Å²) >= 11 is 0. The lowest BCUT2D eigenvalue weighted by molar-refractivity contribution is -0.258. The molecule has 6 atom stereocenters. The Morgan fingerprint density at radius 2 is 1.71 bits per heavy atom. The van der Waals surface area contributed by atoms with E-state index in [0.717, 1.165) is 49.7 Å². The van der Waals surface area contributed by atoms with Crippen LogP contribution in [0.3, 0.4) is 0 Å². The largest absolute Gasteiger partial charge is 0.497 e. The van der Waals surface area contributed by atoms with Crippen LogP contribution in [0, 0.1) is 23.7 Å². The van der Waals surface area contributed by atoms with E-state index in [2.05, 4.69) is 18.0 Å². The standard InChI is InChI=1S/C48H67N3O12/c1-7-24-60-48-42(51(20-25-59-26-23-54)45(55)31-14-15-31)30-39(50-63-47(2,3)4)36-27-32(12-8-10-21-52)35(13-9-11-22-53)43(44(36)48)37-28-34(17-19-40(37)62-48)61-46(56)49-38-18-16-33(57-5)29-41(38)58-6/h7,16-19,27-29,31-32,35,42-44,52-54H,1,8-15,20-26,30H2,2-6H3,(H,49,56)/t32-,35+,42-,43+,44+,48+/m0/s1. The second kappa shape index (κ2) is 21.8. The van der Waals surface area contributed by atoms with E-state index in [4.69, 9.17) is 38.4 Å². The second-order valence-electron chi connectivity index (χ2n) is 17.7. The number of nitrogens with one attached hydrogen (secondary N) is 1. The van der Waals surface area contributed by atoms with Crippen molar-refractivity contribution in [2.75, 3.05) is 65.7 Å². The van der Waals surface area contributed by atoms with E-state index in [-0.39, 0.29) is 87.9 Å². The monoisotopic (exact) mass is 877 g/mol. The van der Waals surface area contributed by atoms with Gasteiger partial charge in [-0.25, -0.2) is 4.79 Å². The molecule has 2 amide bonds. The Labute approximate surface area is 371 Å². The summed E-state index contributed by atoms with van der Waals surface area (Å²) in [6, 6.07) is 9.68. The molecule has 2 aromatic carbocycles. The van der Waals surface area contributed by atoms with E-state index in [1.165, 1.54) is 7.11 Å². The fourth-order valence-corrected chi connectivity index (χ4v) is 9.36. The lowest BCUT2D eigenvalue weighted by Crippen LogP contribution is -2.70. The number of amides is 2. The summed E-state index contributed by atoms with van der Waals surface area (Å²) in [5, 5.41) is 37.1. The first-order valence-corrected chi connectivity index (χ1v) is 22.4. The van der Waals surface area contributed by atoms with Crippen LogP contribution in [0.5, 0.6) is 23.0 Å². The zero-order valence-corrected chi connectivity index (χ0v) is 37.5. The molecular weight excluding hydrogens is 811 g/mol. The van der Waals surface area contributed by atoms with Gasteiger partial charge in [0.05, 0.1) is 58.0 Å². The first-order chi connectivity index (χ1) is 30.4. The van der Waals surface area contributed by atoms with Gasteiger partial charge >= 0.3 is 6.09 Å². The highest BCUT2D eigenvalue weighted by molar-refractivity contribution is 6.03. The molecule has 0 saturated heterocycles. The van der Waals surface area contributed by atoms with E-state index in [0.29, 0.717) is 41.5 Å². The summed E-state index contributed by atoms with van der Waals surface area (Å²) in [5.74, 6) is -0.730. The molecule has 0 spiro atoms. The number of hydrogen-bond acceptors (Lipinski definition) is 13. The van der Waals surface area contributed by atoms with Gasteiger partial charge in [-0.2, -0.15) is 0 Å². The van der Waals surface area contributed by atoms with E-state index in [1.54, 1.807) is 43.5 Å². The average molecular weight is 878 g/mol. The SMILES string of the molecule is C=CCO[C@@]12Oc3ccc(OC(=O)Nc4ccc(OC)cc4OC)cc3[C@H]3[C@H](CCCCO)[C@@H](CCCCO)C=C(C(=NOC(C)(C)C)C[C@@H]1N(CCOCCO)C(=O)C1CC1)[C@H]32. The molecule has 2 saturated carbocycles. The lowest BCUT2D eigenvalue weighted by Gasteiger charge is -2.60. The number of benzene rings is 2. The number of methoxy groups -OCH3 is 2. The van der Waals surface area contributed by atoms with Crippen LogP contribution in [-0.4, -0.2) is 116 Å². The zero-order chi connectivity index (χ0) is 45.1. The molecule has 0 unspecified atom stereocenters. The van der Waals surface area contributed by atoms with Crippen molar-refractivity contribution in [3.8, 4) is 23.0 Å². The minimum Gasteiger partial charge on any atom is -0.497 e. The third-order valence-electron chi connectivity index (χ3n) is 12.2. The maximum absolute atomic E-state index is 14.6. The first kappa shape index (κ1) is 47.8. The number of allylic oxidation sites excluding steroid dienone is 1. The maximum atomic E-state index is 14.6. The maximum Gasteiger partial charge on any atom is 0.417 e. The van der Waals surface area contributed by atoms with Crippen molar-refractivity contribution >= 4 is 23.4 Å². The third-order valence-corrected chi connectivity index (χ3v) is 12.2. The van der Waals surface area contributed by atoms with Crippen molar-refractivity contribution in [1.82, 2.24) is 4.90 Å². The van der Waals surface area contributed by atoms with Gasteiger partial charge in [0, 0.05) is 49.6 Å². The summed E-state index contributed by atoms with van der Waals surface area (Å²) in [4.78, 5) is 36.2. The number of hydrogen-bond donors (Lipinski definition) is 4.